The van der Waals surface area contributed by atoms with Crippen LogP contribution in [-0.2, 0) is 4.74 Å². The summed E-state index contributed by atoms with van der Waals surface area (Å²) in [5, 5.41) is 10.9. The average Bonchev–Trinajstić information content (AvgIpc) is 2.84. The molecule has 19 heavy (non-hydrogen) atoms. The van der Waals surface area contributed by atoms with Crippen LogP contribution in [0.1, 0.15) is 13.8 Å². The van der Waals surface area contributed by atoms with Gasteiger partial charge >= 0.3 is 0 Å². The Kier molecular flexibility index (Phi) is 2.98. The van der Waals surface area contributed by atoms with E-state index in [0.29, 0.717) is 5.95 Å². The van der Waals surface area contributed by atoms with Gasteiger partial charge in [-0.25, -0.2) is 0 Å². The van der Waals surface area contributed by atoms with Gasteiger partial charge in [0.25, 0.3) is 0 Å². The summed E-state index contributed by atoms with van der Waals surface area (Å²) >= 11 is 0. The second-order valence-corrected chi connectivity index (χ2v) is 4.92. The number of ether oxygens (including phenoxy) is 1. The summed E-state index contributed by atoms with van der Waals surface area (Å²) in [7, 11) is 1.81. The molecular weight excluding hydrogens is 244 g/mol. The first-order valence-electron chi connectivity index (χ1n) is 6.46. The van der Waals surface area contributed by atoms with E-state index in [4.69, 9.17) is 4.74 Å². The normalized spacial score (nSPS) is 23.8. The summed E-state index contributed by atoms with van der Waals surface area (Å²) in [6.45, 7) is 5.81. The fourth-order valence-electron chi connectivity index (χ4n) is 2.52. The van der Waals surface area contributed by atoms with Gasteiger partial charge in [0.05, 0.1) is 23.8 Å². The summed E-state index contributed by atoms with van der Waals surface area (Å²) in [4.78, 5) is 11.2. The van der Waals surface area contributed by atoms with Crippen molar-refractivity contribution in [3.63, 3.8) is 0 Å². The van der Waals surface area contributed by atoms with Crippen molar-refractivity contribution in [3.8, 4) is 0 Å². The van der Waals surface area contributed by atoms with Crippen molar-refractivity contribution in [2.75, 3.05) is 30.4 Å². The third-order valence-electron chi connectivity index (χ3n) is 3.23. The first-order valence-corrected chi connectivity index (χ1v) is 6.46. The van der Waals surface area contributed by atoms with E-state index in [1.165, 1.54) is 0 Å². The van der Waals surface area contributed by atoms with Crippen molar-refractivity contribution in [2.45, 2.75) is 26.1 Å². The number of aromatic amines is 1. The number of fused-ring (bicyclic) bond motifs is 1. The van der Waals surface area contributed by atoms with Crippen LogP contribution in [0.5, 0.6) is 0 Å². The molecule has 0 aromatic carbocycles. The highest BCUT2D eigenvalue weighted by Crippen LogP contribution is 2.26. The predicted molar refractivity (Wildman–Crippen MR) is 73.5 cm³/mol. The van der Waals surface area contributed by atoms with Crippen molar-refractivity contribution in [3.05, 3.63) is 6.20 Å². The van der Waals surface area contributed by atoms with Crippen molar-refractivity contribution in [1.82, 2.24) is 20.2 Å². The number of hydrogen-bond acceptors (Lipinski definition) is 6. The number of morpholine rings is 1. The van der Waals surface area contributed by atoms with Gasteiger partial charge in [-0.15, -0.1) is 0 Å². The van der Waals surface area contributed by atoms with E-state index in [1.807, 2.05) is 7.05 Å². The zero-order valence-corrected chi connectivity index (χ0v) is 11.3. The van der Waals surface area contributed by atoms with Gasteiger partial charge < -0.3 is 15.0 Å². The topological polar surface area (TPSA) is 79.0 Å². The van der Waals surface area contributed by atoms with Crippen LogP contribution in [0.15, 0.2) is 6.20 Å². The lowest BCUT2D eigenvalue weighted by atomic mass is 10.2. The largest absolute Gasteiger partial charge is 0.372 e. The van der Waals surface area contributed by atoms with E-state index in [2.05, 4.69) is 44.2 Å². The molecule has 0 amide bonds. The number of anilines is 2. The minimum atomic E-state index is 0.193. The van der Waals surface area contributed by atoms with Crippen LogP contribution in [0.4, 0.5) is 11.8 Å². The summed E-state index contributed by atoms with van der Waals surface area (Å²) < 4.78 is 5.76. The first kappa shape index (κ1) is 12.2. The second-order valence-electron chi connectivity index (χ2n) is 4.92. The maximum atomic E-state index is 5.76. The minimum absolute atomic E-state index is 0.193. The maximum Gasteiger partial charge on any atom is 0.226 e. The Morgan fingerprint density at radius 1 is 1.32 bits per heavy atom. The highest BCUT2D eigenvalue weighted by Gasteiger charge is 2.25. The predicted octanol–water partition coefficient (Wildman–Crippen LogP) is 1.01. The third kappa shape index (κ3) is 2.21. The monoisotopic (exact) mass is 262 g/mol. The molecule has 0 radical (unpaired) electrons. The molecule has 7 nitrogen and oxygen atoms in total. The Bertz CT molecular complexity index is 573. The Labute approximate surface area is 111 Å². The van der Waals surface area contributed by atoms with Crippen molar-refractivity contribution in [1.29, 1.82) is 0 Å². The molecule has 0 aliphatic carbocycles. The molecule has 0 saturated carbocycles. The standard InChI is InChI=1S/C12H18N6O/c1-7-5-18(6-8(2)19-7)11-9-4-14-17-10(9)15-12(13-3)16-11/h4,7-8H,5-6H2,1-3H3,(H2,13,14,15,16,17)/t7-,8+. The summed E-state index contributed by atoms with van der Waals surface area (Å²) in [5.41, 5.74) is 0.751. The molecule has 2 N–H and O–H groups in total. The van der Waals surface area contributed by atoms with Gasteiger partial charge in [-0.2, -0.15) is 15.1 Å². The molecule has 3 heterocycles. The smallest absolute Gasteiger partial charge is 0.226 e. The Hall–Kier alpha value is -1.89. The lowest BCUT2D eigenvalue weighted by molar-refractivity contribution is -0.00536. The third-order valence-corrected chi connectivity index (χ3v) is 3.23. The van der Waals surface area contributed by atoms with E-state index in [0.717, 1.165) is 29.9 Å². The van der Waals surface area contributed by atoms with Crippen LogP contribution in [0.3, 0.4) is 0 Å². The van der Waals surface area contributed by atoms with E-state index < -0.39 is 0 Å². The highest BCUT2D eigenvalue weighted by molar-refractivity contribution is 5.87. The molecule has 102 valence electrons. The Morgan fingerprint density at radius 2 is 2.05 bits per heavy atom. The number of rotatable bonds is 2. The highest BCUT2D eigenvalue weighted by atomic mass is 16.5. The second kappa shape index (κ2) is 4.65. The molecule has 3 rings (SSSR count). The number of nitrogens with zero attached hydrogens (tertiary/aromatic N) is 4. The van der Waals surface area contributed by atoms with E-state index in [1.54, 1.807) is 6.20 Å². The van der Waals surface area contributed by atoms with Crippen LogP contribution < -0.4 is 10.2 Å². The van der Waals surface area contributed by atoms with Gasteiger partial charge in [0.2, 0.25) is 5.95 Å². The Balaban J connectivity index is 2.05. The zero-order valence-electron chi connectivity index (χ0n) is 11.3. The average molecular weight is 262 g/mol. The molecule has 0 spiro atoms. The molecule has 1 aliphatic rings. The first-order chi connectivity index (χ1) is 9.17. The van der Waals surface area contributed by atoms with E-state index >= 15 is 0 Å². The number of H-pyrrole nitrogens is 1. The quantitative estimate of drug-likeness (QED) is 0.841. The van der Waals surface area contributed by atoms with Crippen LogP contribution in [0.25, 0.3) is 11.0 Å². The molecule has 2 aromatic heterocycles. The summed E-state index contributed by atoms with van der Waals surface area (Å²) in [5.74, 6) is 1.50. The molecular formula is C12H18N6O. The number of hydrogen-bond donors (Lipinski definition) is 2. The number of aromatic nitrogens is 4. The lowest BCUT2D eigenvalue weighted by Gasteiger charge is -2.36. The SMILES string of the molecule is CNc1nc(N2C[C@@H](C)O[C@@H](C)C2)c2cn[nH]c2n1. The van der Waals surface area contributed by atoms with Gasteiger partial charge in [-0.05, 0) is 13.8 Å². The van der Waals surface area contributed by atoms with Gasteiger partial charge in [0.1, 0.15) is 5.82 Å². The fraction of sp³-hybridized carbons (Fsp3) is 0.583. The number of nitrogens with one attached hydrogen (secondary N) is 2. The van der Waals surface area contributed by atoms with Crippen molar-refractivity contribution >= 4 is 22.8 Å². The van der Waals surface area contributed by atoms with Gasteiger partial charge in [0, 0.05) is 20.1 Å². The van der Waals surface area contributed by atoms with Crippen molar-refractivity contribution < 1.29 is 4.74 Å². The van der Waals surface area contributed by atoms with Crippen LogP contribution >= 0.6 is 0 Å². The Morgan fingerprint density at radius 3 is 2.74 bits per heavy atom. The fourth-order valence-corrected chi connectivity index (χ4v) is 2.52. The van der Waals surface area contributed by atoms with E-state index in [-0.39, 0.29) is 12.2 Å². The van der Waals surface area contributed by atoms with Crippen LogP contribution in [0, 0.1) is 0 Å². The molecule has 7 heteroatoms. The molecule has 1 fully saturated rings. The van der Waals surface area contributed by atoms with Crippen LogP contribution in [0.2, 0.25) is 0 Å². The van der Waals surface area contributed by atoms with Crippen molar-refractivity contribution in [2.24, 2.45) is 0 Å². The maximum absolute atomic E-state index is 5.76. The molecule has 1 aliphatic heterocycles. The molecule has 2 aromatic rings. The van der Waals surface area contributed by atoms with Gasteiger partial charge in [-0.3, -0.25) is 5.10 Å². The van der Waals surface area contributed by atoms with Gasteiger partial charge in [-0.1, -0.05) is 0 Å². The summed E-state index contributed by atoms with van der Waals surface area (Å²) in [6.07, 6.45) is 2.16. The van der Waals surface area contributed by atoms with Gasteiger partial charge in [0.15, 0.2) is 5.65 Å². The molecule has 2 atom stereocenters. The molecule has 1 saturated heterocycles. The minimum Gasteiger partial charge on any atom is -0.372 e. The molecule has 0 bridgehead atoms. The zero-order chi connectivity index (χ0) is 13.4. The molecule has 0 unspecified atom stereocenters. The van der Waals surface area contributed by atoms with Crippen LogP contribution in [-0.4, -0.2) is 52.5 Å². The van der Waals surface area contributed by atoms with E-state index in [9.17, 15) is 0 Å². The lowest BCUT2D eigenvalue weighted by Crippen LogP contribution is -2.46. The summed E-state index contributed by atoms with van der Waals surface area (Å²) in [6, 6.07) is 0.